The van der Waals surface area contributed by atoms with Crippen molar-refractivity contribution in [2.24, 2.45) is 0 Å². The molecule has 0 bridgehead atoms. The second kappa shape index (κ2) is 13.1. The molecule has 3 rings (SSSR count). The number of nitrogen functional groups attached to an aromatic ring is 1. The Bertz CT molecular complexity index is 1200. The number of nitrogens with one attached hydrogen (secondary N) is 2. The van der Waals surface area contributed by atoms with Crippen molar-refractivity contribution in [3.05, 3.63) is 46.4 Å². The Morgan fingerprint density at radius 1 is 1.19 bits per heavy atom. The fraction of sp³-hybridized carbons (Fsp3) is 0.458. The zero-order valence-corrected chi connectivity index (χ0v) is 20.9. The minimum atomic E-state index is -0.968. The van der Waals surface area contributed by atoms with Gasteiger partial charge in [0.15, 0.2) is 5.82 Å². The molecule has 2 aromatic heterocycles. The molecule has 6 N–H and O–H groups in total. The highest BCUT2D eigenvalue weighted by Gasteiger charge is 2.21. The number of tetrazole rings is 1. The summed E-state index contributed by atoms with van der Waals surface area (Å²) in [4.78, 5) is 31.6. The van der Waals surface area contributed by atoms with Crippen molar-refractivity contribution < 1.29 is 24.5 Å². The predicted octanol–water partition coefficient (Wildman–Crippen LogP) is 2.22. The quantitative estimate of drug-likeness (QED) is 0.199. The van der Waals surface area contributed by atoms with Crippen molar-refractivity contribution in [2.75, 3.05) is 18.2 Å². The number of ether oxygens (including phenoxy) is 1. The van der Waals surface area contributed by atoms with E-state index in [4.69, 9.17) is 10.5 Å². The lowest BCUT2D eigenvalue weighted by Gasteiger charge is -2.22. The van der Waals surface area contributed by atoms with Crippen LogP contribution in [-0.4, -0.2) is 65.9 Å². The zero-order valence-electron chi connectivity index (χ0n) is 20.9. The van der Waals surface area contributed by atoms with Crippen molar-refractivity contribution in [1.82, 2.24) is 30.6 Å². The number of carboxylic acid groups (broad SMARTS) is 2. The number of rotatable bonds is 15. The summed E-state index contributed by atoms with van der Waals surface area (Å²) >= 11 is 0. The van der Waals surface area contributed by atoms with Gasteiger partial charge in [0.05, 0.1) is 25.6 Å². The van der Waals surface area contributed by atoms with E-state index in [1.54, 1.807) is 7.11 Å². The van der Waals surface area contributed by atoms with Gasteiger partial charge in [-0.2, -0.15) is 10.2 Å². The largest absolute Gasteiger partial charge is 0.496 e. The summed E-state index contributed by atoms with van der Waals surface area (Å²) in [7, 11) is 1.56. The van der Waals surface area contributed by atoms with Crippen LogP contribution in [0.1, 0.15) is 67.2 Å². The van der Waals surface area contributed by atoms with Gasteiger partial charge >= 0.3 is 11.9 Å². The SMILES string of the molecule is CCCC[C@@H](CC(=O)O)Nc1nc(N)nc(CCC(=O)O)c1Cc1cc(Cc2nn[nH]n2)ccc1OC. The molecular formula is C24H32N8O5. The summed E-state index contributed by atoms with van der Waals surface area (Å²) in [6.45, 7) is 2.03. The molecule has 0 radical (unpaired) electrons. The lowest BCUT2D eigenvalue weighted by Crippen LogP contribution is -2.25. The molecule has 1 atom stereocenters. The van der Waals surface area contributed by atoms with Crippen molar-refractivity contribution in [3.63, 3.8) is 0 Å². The number of H-pyrrole nitrogens is 1. The molecule has 2 heterocycles. The van der Waals surface area contributed by atoms with Gasteiger partial charge in [-0.1, -0.05) is 37.1 Å². The molecule has 13 heteroatoms. The molecule has 0 spiro atoms. The summed E-state index contributed by atoms with van der Waals surface area (Å²) in [6, 6.07) is 5.30. The molecule has 0 fully saturated rings. The molecule has 0 unspecified atom stereocenters. The zero-order chi connectivity index (χ0) is 26.8. The number of hydrogen-bond acceptors (Lipinski definition) is 10. The Morgan fingerprint density at radius 2 is 2.00 bits per heavy atom. The van der Waals surface area contributed by atoms with Gasteiger partial charge < -0.3 is 26.0 Å². The van der Waals surface area contributed by atoms with Gasteiger partial charge in [-0.25, -0.2) is 4.98 Å². The summed E-state index contributed by atoms with van der Waals surface area (Å²) in [6.07, 6.45) is 3.00. The van der Waals surface area contributed by atoms with E-state index in [1.807, 2.05) is 25.1 Å². The van der Waals surface area contributed by atoms with Crippen LogP contribution in [0.5, 0.6) is 5.75 Å². The van der Waals surface area contributed by atoms with Crippen LogP contribution in [0.25, 0.3) is 0 Å². The number of nitrogens with two attached hydrogens (primary N) is 1. The smallest absolute Gasteiger partial charge is 0.305 e. The molecule has 37 heavy (non-hydrogen) atoms. The summed E-state index contributed by atoms with van der Waals surface area (Å²) in [5.41, 5.74) is 8.83. The van der Waals surface area contributed by atoms with E-state index >= 15 is 0 Å². The first kappa shape index (κ1) is 27.3. The van der Waals surface area contributed by atoms with Crippen LogP contribution in [-0.2, 0) is 28.9 Å². The summed E-state index contributed by atoms with van der Waals surface area (Å²) < 4.78 is 5.59. The first-order valence-electron chi connectivity index (χ1n) is 12.0. The van der Waals surface area contributed by atoms with Crippen LogP contribution in [0.3, 0.4) is 0 Å². The van der Waals surface area contributed by atoms with E-state index < -0.39 is 11.9 Å². The summed E-state index contributed by atoms with van der Waals surface area (Å²) in [5, 5.41) is 36.0. The molecule has 0 saturated carbocycles. The average Bonchev–Trinajstić information content (AvgIpc) is 3.35. The van der Waals surface area contributed by atoms with Crippen LogP contribution in [0, 0.1) is 0 Å². The number of aliphatic carboxylic acids is 2. The number of aromatic amines is 1. The second-order valence-corrected chi connectivity index (χ2v) is 8.66. The van der Waals surface area contributed by atoms with Crippen LogP contribution in [0.2, 0.25) is 0 Å². The van der Waals surface area contributed by atoms with Crippen LogP contribution in [0.15, 0.2) is 18.2 Å². The number of benzene rings is 1. The van der Waals surface area contributed by atoms with Gasteiger partial charge in [-0.3, -0.25) is 9.59 Å². The highest BCUT2D eigenvalue weighted by atomic mass is 16.5. The predicted molar refractivity (Wildman–Crippen MR) is 134 cm³/mol. The number of aryl methyl sites for hydroxylation is 1. The van der Waals surface area contributed by atoms with Gasteiger partial charge in [-0.15, -0.1) is 10.2 Å². The number of carbonyl (C=O) groups is 2. The average molecular weight is 513 g/mol. The Balaban J connectivity index is 2.03. The number of hydrogen-bond donors (Lipinski definition) is 5. The summed E-state index contributed by atoms with van der Waals surface area (Å²) in [5.74, 6) is -0.376. The maximum atomic E-state index is 11.5. The van der Waals surface area contributed by atoms with Gasteiger partial charge in [0.2, 0.25) is 5.95 Å². The maximum Gasteiger partial charge on any atom is 0.305 e. The Kier molecular flexibility index (Phi) is 9.69. The highest BCUT2D eigenvalue weighted by molar-refractivity contribution is 5.69. The van der Waals surface area contributed by atoms with Gasteiger partial charge in [0.25, 0.3) is 0 Å². The first-order chi connectivity index (χ1) is 17.8. The van der Waals surface area contributed by atoms with Gasteiger partial charge in [0, 0.05) is 30.9 Å². The fourth-order valence-electron chi connectivity index (χ4n) is 4.08. The number of nitrogens with zero attached hydrogens (tertiary/aromatic N) is 5. The number of aromatic nitrogens is 6. The molecule has 1 aromatic carbocycles. The fourth-order valence-corrected chi connectivity index (χ4v) is 4.08. The standard InChI is InChI=1S/C24H32N8O5/c1-3-4-5-16(13-22(35)36)26-23-17(18(7-9-21(33)34)27-24(25)28-23)12-15-10-14(6-8-19(15)37-2)11-20-29-31-32-30-20/h6,8,10,16H,3-5,7,9,11-13H2,1-2H3,(H,33,34)(H,35,36)(H3,25,26,27,28)(H,29,30,31,32)/t16-/m0/s1. The first-order valence-corrected chi connectivity index (χ1v) is 12.0. The maximum absolute atomic E-state index is 11.5. The lowest BCUT2D eigenvalue weighted by molar-refractivity contribution is -0.138. The number of unbranched alkanes of at least 4 members (excludes halogenated alkanes) is 1. The van der Waals surface area contributed by atoms with E-state index in [0.29, 0.717) is 47.9 Å². The highest BCUT2D eigenvalue weighted by Crippen LogP contribution is 2.30. The normalized spacial score (nSPS) is 11.7. The molecule has 0 aliphatic rings. The third-order valence-corrected chi connectivity index (χ3v) is 5.82. The number of methoxy groups -OCH3 is 1. The van der Waals surface area contributed by atoms with Gasteiger partial charge in [-0.05, 0) is 23.6 Å². The van der Waals surface area contributed by atoms with E-state index in [9.17, 15) is 19.8 Å². The molecule has 13 nitrogen and oxygen atoms in total. The Morgan fingerprint density at radius 3 is 2.65 bits per heavy atom. The molecule has 0 amide bonds. The molecule has 0 aliphatic heterocycles. The minimum Gasteiger partial charge on any atom is -0.496 e. The van der Waals surface area contributed by atoms with E-state index in [2.05, 4.69) is 35.9 Å². The minimum absolute atomic E-state index is 0.0194. The van der Waals surface area contributed by atoms with Crippen LogP contribution in [0.4, 0.5) is 11.8 Å². The van der Waals surface area contributed by atoms with Crippen LogP contribution >= 0.6 is 0 Å². The number of anilines is 2. The van der Waals surface area contributed by atoms with E-state index in [0.717, 1.165) is 24.0 Å². The molecule has 3 aromatic rings. The second-order valence-electron chi connectivity index (χ2n) is 8.66. The topological polar surface area (TPSA) is 202 Å². The van der Waals surface area contributed by atoms with E-state index in [-0.39, 0.29) is 31.3 Å². The third-order valence-electron chi connectivity index (χ3n) is 5.82. The van der Waals surface area contributed by atoms with E-state index in [1.165, 1.54) is 0 Å². The van der Waals surface area contributed by atoms with Gasteiger partial charge in [0.1, 0.15) is 11.6 Å². The molecular weight excluding hydrogens is 480 g/mol. The number of carboxylic acids is 2. The molecule has 198 valence electrons. The molecule has 0 saturated heterocycles. The van der Waals surface area contributed by atoms with Crippen molar-refractivity contribution in [2.45, 2.75) is 64.3 Å². The van der Waals surface area contributed by atoms with Crippen molar-refractivity contribution in [3.8, 4) is 5.75 Å². The van der Waals surface area contributed by atoms with Crippen molar-refractivity contribution in [1.29, 1.82) is 0 Å². The Labute approximate surface area is 213 Å². The molecule has 0 aliphatic carbocycles. The lowest BCUT2D eigenvalue weighted by atomic mass is 9.97. The monoisotopic (exact) mass is 512 g/mol. The van der Waals surface area contributed by atoms with Crippen molar-refractivity contribution >= 4 is 23.7 Å². The third kappa shape index (κ3) is 8.12. The van der Waals surface area contributed by atoms with Crippen LogP contribution < -0.4 is 15.8 Å². The Hall–Kier alpha value is -4.29.